The van der Waals surface area contributed by atoms with E-state index in [9.17, 15) is 4.79 Å². The molecular weight excluding hydrogens is 304 g/mol. The summed E-state index contributed by atoms with van der Waals surface area (Å²) in [6.45, 7) is 5.54. The molecule has 126 valence electrons. The van der Waals surface area contributed by atoms with E-state index in [2.05, 4.69) is 46.6 Å². The van der Waals surface area contributed by atoms with Crippen LogP contribution in [0.5, 0.6) is 0 Å². The Morgan fingerprint density at radius 2 is 2.25 bits per heavy atom. The number of amides is 1. The Morgan fingerprint density at radius 3 is 3.12 bits per heavy atom. The SMILES string of the molecule is Cc1cccc(-n2cc(CN3C[C@H]4COC[C@@H](C3)C(=O)N4)cn2)c1. The molecule has 1 N–H and O–H groups in total. The quantitative estimate of drug-likeness (QED) is 0.918. The molecule has 0 unspecified atom stereocenters. The zero-order chi connectivity index (χ0) is 16.5. The predicted octanol–water partition coefficient (Wildman–Crippen LogP) is 1.13. The lowest BCUT2D eigenvalue weighted by Gasteiger charge is -2.26. The molecule has 2 aliphatic rings. The van der Waals surface area contributed by atoms with Crippen LogP contribution in [0.4, 0.5) is 0 Å². The standard InChI is InChI=1S/C18H22N4O2/c1-13-3-2-4-17(5-13)22-8-14(6-19-22)7-21-9-15-11-24-12-16(10-21)20-18(15)23/h2-6,8,15-16H,7,9-12H2,1H3,(H,20,23)/t15-,16+/m1/s1. The highest BCUT2D eigenvalue weighted by Gasteiger charge is 2.33. The molecular formula is C18H22N4O2. The number of carbonyl (C=O) groups excluding carboxylic acids is 1. The van der Waals surface area contributed by atoms with Gasteiger partial charge in [0.05, 0.1) is 37.1 Å². The molecule has 2 atom stereocenters. The number of aromatic nitrogens is 2. The second kappa shape index (κ2) is 6.37. The van der Waals surface area contributed by atoms with E-state index in [1.807, 2.05) is 16.9 Å². The maximum absolute atomic E-state index is 12.1. The molecule has 1 amide bonds. The van der Waals surface area contributed by atoms with Crippen molar-refractivity contribution >= 4 is 5.91 Å². The molecule has 3 heterocycles. The average Bonchev–Trinajstić information content (AvgIpc) is 2.86. The van der Waals surface area contributed by atoms with Crippen molar-refractivity contribution in [3.63, 3.8) is 0 Å². The molecule has 6 heteroatoms. The molecule has 2 aliphatic heterocycles. The monoisotopic (exact) mass is 326 g/mol. The van der Waals surface area contributed by atoms with Gasteiger partial charge in [0.1, 0.15) is 0 Å². The van der Waals surface area contributed by atoms with Crippen LogP contribution in [0.3, 0.4) is 0 Å². The van der Waals surface area contributed by atoms with Crippen molar-refractivity contribution in [2.45, 2.75) is 19.5 Å². The topological polar surface area (TPSA) is 59.4 Å². The summed E-state index contributed by atoms with van der Waals surface area (Å²) in [7, 11) is 0. The third-order valence-electron chi connectivity index (χ3n) is 4.62. The third-order valence-corrected chi connectivity index (χ3v) is 4.62. The highest BCUT2D eigenvalue weighted by Crippen LogP contribution is 2.17. The number of carbonyl (C=O) groups is 1. The maximum atomic E-state index is 12.1. The van der Waals surface area contributed by atoms with Crippen LogP contribution in [-0.2, 0) is 16.1 Å². The molecule has 4 rings (SSSR count). The van der Waals surface area contributed by atoms with Crippen molar-refractivity contribution < 1.29 is 9.53 Å². The minimum atomic E-state index is -0.0793. The van der Waals surface area contributed by atoms with Crippen LogP contribution in [0.2, 0.25) is 0 Å². The average molecular weight is 326 g/mol. The number of hydrogen-bond acceptors (Lipinski definition) is 4. The van der Waals surface area contributed by atoms with E-state index in [0.29, 0.717) is 13.2 Å². The lowest BCUT2D eigenvalue weighted by atomic mass is 10.1. The molecule has 0 aliphatic carbocycles. The van der Waals surface area contributed by atoms with Gasteiger partial charge in [0.2, 0.25) is 5.91 Å². The van der Waals surface area contributed by atoms with Gasteiger partial charge in [0.15, 0.2) is 0 Å². The van der Waals surface area contributed by atoms with Gasteiger partial charge in [-0.25, -0.2) is 4.68 Å². The molecule has 0 spiro atoms. The zero-order valence-electron chi connectivity index (χ0n) is 13.8. The van der Waals surface area contributed by atoms with E-state index in [0.717, 1.165) is 30.9 Å². The number of hydrogen-bond donors (Lipinski definition) is 1. The van der Waals surface area contributed by atoms with Gasteiger partial charge in [-0.15, -0.1) is 0 Å². The summed E-state index contributed by atoms with van der Waals surface area (Å²) in [5, 5.41) is 7.55. The van der Waals surface area contributed by atoms with Crippen molar-refractivity contribution in [1.29, 1.82) is 0 Å². The van der Waals surface area contributed by atoms with Gasteiger partial charge < -0.3 is 10.1 Å². The van der Waals surface area contributed by atoms with E-state index in [4.69, 9.17) is 4.74 Å². The fourth-order valence-electron chi connectivity index (χ4n) is 3.46. The fraction of sp³-hybridized carbons (Fsp3) is 0.444. The van der Waals surface area contributed by atoms with Gasteiger partial charge in [0.25, 0.3) is 0 Å². The highest BCUT2D eigenvalue weighted by atomic mass is 16.5. The van der Waals surface area contributed by atoms with Gasteiger partial charge in [-0.2, -0.15) is 5.10 Å². The molecule has 1 aromatic heterocycles. The predicted molar refractivity (Wildman–Crippen MR) is 89.8 cm³/mol. The lowest BCUT2D eigenvalue weighted by molar-refractivity contribution is -0.125. The number of benzene rings is 1. The summed E-state index contributed by atoms with van der Waals surface area (Å²) in [5.74, 6) is 0.0415. The van der Waals surface area contributed by atoms with Crippen LogP contribution in [0, 0.1) is 12.8 Å². The van der Waals surface area contributed by atoms with Gasteiger partial charge in [-0.3, -0.25) is 9.69 Å². The number of nitrogens with one attached hydrogen (secondary N) is 1. The molecule has 2 saturated heterocycles. The Hall–Kier alpha value is -2.18. The molecule has 2 bridgehead atoms. The molecule has 1 aromatic carbocycles. The number of aryl methyl sites for hydroxylation is 1. The first kappa shape index (κ1) is 15.4. The molecule has 2 fully saturated rings. The number of fused-ring (bicyclic) bond motifs is 3. The molecule has 2 aromatic rings. The third kappa shape index (κ3) is 3.20. The summed E-state index contributed by atoms with van der Waals surface area (Å²) < 4.78 is 7.49. The van der Waals surface area contributed by atoms with E-state index in [1.54, 1.807) is 0 Å². The van der Waals surface area contributed by atoms with Crippen molar-refractivity contribution in [3.8, 4) is 5.69 Å². The minimum Gasteiger partial charge on any atom is -0.378 e. The highest BCUT2D eigenvalue weighted by molar-refractivity contribution is 5.79. The molecule has 6 nitrogen and oxygen atoms in total. The summed E-state index contributed by atoms with van der Waals surface area (Å²) in [4.78, 5) is 14.4. The van der Waals surface area contributed by atoms with Crippen molar-refractivity contribution in [3.05, 3.63) is 47.8 Å². The Morgan fingerprint density at radius 1 is 1.33 bits per heavy atom. The van der Waals surface area contributed by atoms with E-state index in [-0.39, 0.29) is 17.9 Å². The van der Waals surface area contributed by atoms with Gasteiger partial charge >= 0.3 is 0 Å². The number of nitrogens with zero attached hydrogens (tertiary/aromatic N) is 3. The first-order valence-electron chi connectivity index (χ1n) is 8.38. The van der Waals surface area contributed by atoms with Gasteiger partial charge in [-0.05, 0) is 24.6 Å². The first-order chi connectivity index (χ1) is 11.7. The Bertz CT molecular complexity index is 742. The summed E-state index contributed by atoms with van der Waals surface area (Å²) in [6, 6.07) is 8.37. The van der Waals surface area contributed by atoms with Gasteiger partial charge in [0, 0.05) is 31.4 Å². The van der Waals surface area contributed by atoms with Crippen molar-refractivity contribution in [2.75, 3.05) is 26.3 Å². The summed E-state index contributed by atoms with van der Waals surface area (Å²) in [6.07, 6.45) is 3.98. The Balaban J connectivity index is 1.49. The van der Waals surface area contributed by atoms with Gasteiger partial charge in [-0.1, -0.05) is 12.1 Å². The zero-order valence-corrected chi connectivity index (χ0v) is 13.8. The van der Waals surface area contributed by atoms with E-state index >= 15 is 0 Å². The second-order valence-corrected chi connectivity index (χ2v) is 6.77. The van der Waals surface area contributed by atoms with Crippen LogP contribution in [0.1, 0.15) is 11.1 Å². The maximum Gasteiger partial charge on any atom is 0.227 e. The van der Waals surface area contributed by atoms with Crippen molar-refractivity contribution in [2.24, 2.45) is 5.92 Å². The second-order valence-electron chi connectivity index (χ2n) is 6.77. The molecule has 24 heavy (non-hydrogen) atoms. The Labute approximate surface area is 141 Å². The van der Waals surface area contributed by atoms with E-state index < -0.39 is 0 Å². The fourth-order valence-corrected chi connectivity index (χ4v) is 3.46. The molecule has 0 radical (unpaired) electrons. The first-order valence-corrected chi connectivity index (χ1v) is 8.38. The minimum absolute atomic E-state index is 0.0793. The molecule has 0 saturated carbocycles. The number of rotatable bonds is 3. The van der Waals surface area contributed by atoms with Crippen LogP contribution in [0.15, 0.2) is 36.7 Å². The number of ether oxygens (including phenoxy) is 1. The van der Waals surface area contributed by atoms with Crippen LogP contribution in [0.25, 0.3) is 5.69 Å². The Kier molecular flexibility index (Phi) is 4.08. The van der Waals surface area contributed by atoms with Crippen LogP contribution >= 0.6 is 0 Å². The largest absolute Gasteiger partial charge is 0.378 e. The van der Waals surface area contributed by atoms with Crippen molar-refractivity contribution in [1.82, 2.24) is 20.0 Å². The normalized spacial score (nSPS) is 24.5. The van der Waals surface area contributed by atoms with E-state index in [1.165, 1.54) is 5.56 Å². The smallest absolute Gasteiger partial charge is 0.227 e. The summed E-state index contributed by atoms with van der Waals surface area (Å²) in [5.41, 5.74) is 3.44. The van der Waals surface area contributed by atoms with Crippen LogP contribution < -0.4 is 5.32 Å². The summed E-state index contributed by atoms with van der Waals surface area (Å²) >= 11 is 0. The lowest BCUT2D eigenvalue weighted by Crippen LogP contribution is -2.41. The van der Waals surface area contributed by atoms with Crippen LogP contribution in [-0.4, -0.2) is 52.9 Å².